The van der Waals surface area contributed by atoms with Crippen LogP contribution in [0.5, 0.6) is 0 Å². The fraction of sp³-hybridized carbons (Fsp3) is 0.824. The third-order valence-electron chi connectivity index (χ3n) is 11.8. The molecule has 3 aliphatic carbocycles. The van der Waals surface area contributed by atoms with Crippen molar-refractivity contribution < 1.29 is 29.3 Å². The van der Waals surface area contributed by atoms with Crippen molar-refractivity contribution >= 4 is 11.9 Å². The lowest BCUT2D eigenvalue weighted by Gasteiger charge is -2.71. The van der Waals surface area contributed by atoms with Gasteiger partial charge in [-0.05, 0) is 74.7 Å². The SMILES string of the molecule is CC(C)CCCC12C(O)CCC(C)(C3CCCC3)C1C1CC(C)(C#CCCC(=O)O1)C2(O)CCC1=CC(=O)OC1. The molecule has 5 rings (SSSR count). The Balaban J connectivity index is 1.70. The molecular weight excluding hydrogens is 504 g/mol. The van der Waals surface area contributed by atoms with Crippen molar-refractivity contribution in [2.24, 2.45) is 34.0 Å². The smallest absolute Gasteiger partial charge is 0.331 e. The molecular formula is C34H50O6. The average molecular weight is 555 g/mol. The Kier molecular flexibility index (Phi) is 8.23. The first-order valence-corrected chi connectivity index (χ1v) is 15.9. The van der Waals surface area contributed by atoms with Crippen LogP contribution in [0.2, 0.25) is 0 Å². The summed E-state index contributed by atoms with van der Waals surface area (Å²) in [6.07, 6.45) is 11.2. The molecule has 2 bridgehead atoms. The highest BCUT2D eigenvalue weighted by Gasteiger charge is 2.75. The number of carbonyl (C=O) groups is 2. The quantitative estimate of drug-likeness (QED) is 0.288. The summed E-state index contributed by atoms with van der Waals surface area (Å²) >= 11 is 0. The lowest BCUT2D eigenvalue weighted by Crippen LogP contribution is -2.76. The first kappa shape index (κ1) is 29.6. The molecule has 2 N–H and O–H groups in total. The lowest BCUT2D eigenvalue weighted by atomic mass is 9.36. The van der Waals surface area contributed by atoms with E-state index in [4.69, 9.17) is 9.47 Å². The standard InChI is InChI=1S/C34H50O6/c1-23(2)10-9-17-33-27(35)15-18-32(4,25-11-5-6-12-25)30(33)26-21-31(3,16-8-7-13-28(36)40-26)34(33,38)19-14-24-20-29(37)39-22-24/h20,23,25-27,30,35,38H,5-7,9-15,17-19,21-22H2,1-4H3. The van der Waals surface area contributed by atoms with Crippen molar-refractivity contribution in [1.29, 1.82) is 0 Å². The van der Waals surface area contributed by atoms with E-state index < -0.39 is 28.6 Å². The highest BCUT2D eigenvalue weighted by molar-refractivity contribution is 5.85. The van der Waals surface area contributed by atoms with Gasteiger partial charge in [0.15, 0.2) is 0 Å². The second-order valence-corrected chi connectivity index (χ2v) is 14.5. The van der Waals surface area contributed by atoms with Crippen LogP contribution in [0.1, 0.15) is 118 Å². The summed E-state index contributed by atoms with van der Waals surface area (Å²) in [5, 5.41) is 25.7. The minimum absolute atomic E-state index is 0.166. The minimum atomic E-state index is -1.34. The van der Waals surface area contributed by atoms with Crippen molar-refractivity contribution in [2.45, 2.75) is 135 Å². The molecule has 222 valence electrons. The zero-order chi connectivity index (χ0) is 28.8. The third kappa shape index (κ3) is 4.83. The van der Waals surface area contributed by atoms with Gasteiger partial charge in [0.1, 0.15) is 12.7 Å². The van der Waals surface area contributed by atoms with Crippen LogP contribution in [-0.2, 0) is 19.1 Å². The zero-order valence-electron chi connectivity index (χ0n) is 25.1. The van der Waals surface area contributed by atoms with Gasteiger partial charge in [0, 0.05) is 30.3 Å². The first-order chi connectivity index (χ1) is 18.9. The molecule has 0 radical (unpaired) electrons. The van der Waals surface area contributed by atoms with Crippen LogP contribution in [0.15, 0.2) is 11.6 Å². The number of ether oxygens (including phenoxy) is 2. The lowest BCUT2D eigenvalue weighted by molar-refractivity contribution is -0.313. The van der Waals surface area contributed by atoms with Crippen LogP contribution in [0.4, 0.5) is 0 Å². The van der Waals surface area contributed by atoms with Crippen LogP contribution >= 0.6 is 0 Å². The molecule has 6 nitrogen and oxygen atoms in total. The Bertz CT molecular complexity index is 1080. The molecule has 40 heavy (non-hydrogen) atoms. The number of fused-ring (bicyclic) bond motifs is 4. The molecule has 0 aromatic heterocycles. The summed E-state index contributed by atoms with van der Waals surface area (Å²) in [6, 6.07) is 0. The van der Waals surface area contributed by atoms with Crippen molar-refractivity contribution in [1.82, 2.24) is 0 Å². The Hall–Kier alpha value is -1.84. The van der Waals surface area contributed by atoms with Crippen LogP contribution in [0, 0.1) is 45.8 Å². The maximum Gasteiger partial charge on any atom is 0.331 e. The molecule has 2 aliphatic heterocycles. The highest BCUT2D eigenvalue weighted by Crippen LogP contribution is 2.71. The maximum atomic E-state index is 13.4. The number of rotatable bonds is 8. The van der Waals surface area contributed by atoms with Gasteiger partial charge < -0.3 is 19.7 Å². The maximum absolute atomic E-state index is 13.4. The van der Waals surface area contributed by atoms with Gasteiger partial charge in [-0.1, -0.05) is 52.4 Å². The van der Waals surface area contributed by atoms with Gasteiger partial charge in [0.25, 0.3) is 0 Å². The Morgan fingerprint density at radius 1 is 1.12 bits per heavy atom. The third-order valence-corrected chi connectivity index (χ3v) is 11.8. The summed E-state index contributed by atoms with van der Waals surface area (Å²) < 4.78 is 11.6. The molecule has 7 atom stereocenters. The van der Waals surface area contributed by atoms with Gasteiger partial charge in [0.05, 0.1) is 23.5 Å². The van der Waals surface area contributed by atoms with Gasteiger partial charge in [0.2, 0.25) is 0 Å². The van der Waals surface area contributed by atoms with Crippen molar-refractivity contribution in [2.75, 3.05) is 6.61 Å². The van der Waals surface area contributed by atoms with Gasteiger partial charge in [-0.3, -0.25) is 4.79 Å². The van der Waals surface area contributed by atoms with E-state index in [0.29, 0.717) is 50.4 Å². The molecule has 3 fully saturated rings. The van der Waals surface area contributed by atoms with E-state index in [9.17, 15) is 19.8 Å². The number of carbonyl (C=O) groups excluding carboxylic acids is 2. The van der Waals surface area contributed by atoms with Gasteiger partial charge in [-0.2, -0.15) is 0 Å². The molecule has 6 heteroatoms. The monoisotopic (exact) mass is 554 g/mol. The van der Waals surface area contributed by atoms with E-state index in [-0.39, 0.29) is 36.3 Å². The predicted molar refractivity (Wildman–Crippen MR) is 153 cm³/mol. The predicted octanol–water partition coefficient (Wildman–Crippen LogP) is 5.88. The molecule has 0 saturated heterocycles. The second kappa shape index (κ2) is 11.1. The Morgan fingerprint density at radius 3 is 2.55 bits per heavy atom. The molecule has 3 saturated carbocycles. The number of aliphatic hydroxyl groups is 2. The summed E-state index contributed by atoms with van der Waals surface area (Å²) in [6.45, 7) is 9.09. The van der Waals surface area contributed by atoms with Gasteiger partial charge in [-0.25, -0.2) is 4.79 Å². The van der Waals surface area contributed by atoms with Crippen LogP contribution < -0.4 is 0 Å². The number of cyclic esters (lactones) is 1. The molecule has 0 spiro atoms. The first-order valence-electron chi connectivity index (χ1n) is 15.9. The summed E-state index contributed by atoms with van der Waals surface area (Å²) in [5.41, 5.74) is -2.40. The molecule has 5 aliphatic rings. The van der Waals surface area contributed by atoms with E-state index in [2.05, 4.69) is 32.6 Å². The van der Waals surface area contributed by atoms with E-state index >= 15 is 0 Å². The summed E-state index contributed by atoms with van der Waals surface area (Å²) in [7, 11) is 0. The van der Waals surface area contributed by atoms with Crippen molar-refractivity contribution in [3.63, 3.8) is 0 Å². The van der Waals surface area contributed by atoms with Crippen LogP contribution in [0.3, 0.4) is 0 Å². The topological polar surface area (TPSA) is 93.1 Å². The van der Waals surface area contributed by atoms with E-state index in [0.717, 1.165) is 37.7 Å². The van der Waals surface area contributed by atoms with Gasteiger partial charge in [-0.15, -0.1) is 5.92 Å². The number of hydrogen-bond donors (Lipinski definition) is 2. The van der Waals surface area contributed by atoms with E-state index in [1.165, 1.54) is 12.8 Å². The Labute approximate surface area is 240 Å². The highest BCUT2D eigenvalue weighted by atomic mass is 16.5. The van der Waals surface area contributed by atoms with Crippen molar-refractivity contribution in [3.05, 3.63) is 11.6 Å². The largest absolute Gasteiger partial charge is 0.462 e. The number of hydrogen-bond acceptors (Lipinski definition) is 6. The Morgan fingerprint density at radius 2 is 1.88 bits per heavy atom. The van der Waals surface area contributed by atoms with E-state index in [1.807, 2.05) is 6.92 Å². The fourth-order valence-corrected chi connectivity index (χ4v) is 9.85. The number of aliphatic hydroxyl groups excluding tert-OH is 1. The molecule has 0 aromatic carbocycles. The molecule has 7 unspecified atom stereocenters. The summed E-state index contributed by atoms with van der Waals surface area (Å²) in [4.78, 5) is 25.0. The summed E-state index contributed by atoms with van der Waals surface area (Å²) in [5.74, 6) is 6.97. The van der Waals surface area contributed by atoms with Crippen LogP contribution in [0.25, 0.3) is 0 Å². The normalized spacial score (nSPS) is 41.7. The molecule has 0 aromatic rings. The minimum Gasteiger partial charge on any atom is -0.462 e. The van der Waals surface area contributed by atoms with Crippen molar-refractivity contribution in [3.8, 4) is 11.8 Å². The fourth-order valence-electron chi connectivity index (χ4n) is 9.85. The van der Waals surface area contributed by atoms with Gasteiger partial charge >= 0.3 is 11.9 Å². The van der Waals surface area contributed by atoms with Crippen LogP contribution in [-0.4, -0.2) is 46.6 Å². The second-order valence-electron chi connectivity index (χ2n) is 14.5. The zero-order valence-corrected chi connectivity index (χ0v) is 25.1. The van der Waals surface area contributed by atoms with E-state index in [1.54, 1.807) is 6.08 Å². The molecule has 0 amide bonds. The molecule has 2 heterocycles. The average Bonchev–Trinajstić information content (AvgIpc) is 3.59. The number of esters is 2.